The summed E-state index contributed by atoms with van der Waals surface area (Å²) in [6, 6.07) is 23.6. The standard InChI is InChI=1S/C25H23FN2O/c1-2-8-22-23(29)25(28-24(22)27,19-11-4-3-5-12-19)20-13-6-9-17(15-20)18-10-7-14-21(26)16-18/h3-7,9-16,22H,2,8H2,1H3,(H2,27,28)/t22-,25?/m0/s1. The summed E-state index contributed by atoms with van der Waals surface area (Å²) in [7, 11) is 0. The number of nitrogens with zero attached hydrogens (tertiary/aromatic N) is 1. The van der Waals surface area contributed by atoms with Gasteiger partial charge in [0.15, 0.2) is 11.3 Å². The molecule has 1 heterocycles. The lowest BCUT2D eigenvalue weighted by molar-refractivity contribution is -0.124. The molecule has 0 saturated heterocycles. The van der Waals surface area contributed by atoms with Gasteiger partial charge in [0.2, 0.25) is 0 Å². The number of carbonyl (C=O) groups excluding carboxylic acids is 1. The van der Waals surface area contributed by atoms with Crippen molar-refractivity contribution < 1.29 is 9.18 Å². The average Bonchev–Trinajstić information content (AvgIpc) is 3.00. The summed E-state index contributed by atoms with van der Waals surface area (Å²) in [4.78, 5) is 18.4. The van der Waals surface area contributed by atoms with E-state index in [1.165, 1.54) is 12.1 Å². The molecule has 0 spiro atoms. The smallest absolute Gasteiger partial charge is 0.180 e. The van der Waals surface area contributed by atoms with Crippen LogP contribution in [0, 0.1) is 11.7 Å². The van der Waals surface area contributed by atoms with E-state index in [9.17, 15) is 9.18 Å². The van der Waals surface area contributed by atoms with Crippen LogP contribution in [0.15, 0.2) is 83.9 Å². The monoisotopic (exact) mass is 386 g/mol. The first-order valence-electron chi connectivity index (χ1n) is 9.88. The highest BCUT2D eigenvalue weighted by molar-refractivity contribution is 6.14. The highest BCUT2D eigenvalue weighted by Crippen LogP contribution is 2.43. The van der Waals surface area contributed by atoms with Gasteiger partial charge in [-0.1, -0.05) is 74.0 Å². The van der Waals surface area contributed by atoms with Crippen LogP contribution in [-0.4, -0.2) is 11.6 Å². The fourth-order valence-electron chi connectivity index (χ4n) is 4.13. The summed E-state index contributed by atoms with van der Waals surface area (Å²) in [5.74, 6) is -0.303. The molecule has 3 aromatic carbocycles. The normalized spacial score (nSPS) is 21.2. The summed E-state index contributed by atoms with van der Waals surface area (Å²) < 4.78 is 13.8. The van der Waals surface area contributed by atoms with E-state index in [4.69, 9.17) is 10.7 Å². The van der Waals surface area contributed by atoms with Crippen molar-refractivity contribution in [2.45, 2.75) is 25.3 Å². The SMILES string of the molecule is CCC[C@H]1C(=O)C(c2ccccc2)(c2cccc(-c3cccc(F)c3)c2)N=C1N. The van der Waals surface area contributed by atoms with Gasteiger partial charge in [-0.15, -0.1) is 0 Å². The summed E-state index contributed by atoms with van der Waals surface area (Å²) in [5.41, 5.74) is 8.21. The van der Waals surface area contributed by atoms with Crippen LogP contribution in [0.5, 0.6) is 0 Å². The van der Waals surface area contributed by atoms with E-state index < -0.39 is 11.5 Å². The van der Waals surface area contributed by atoms with Crippen LogP contribution in [0.3, 0.4) is 0 Å². The van der Waals surface area contributed by atoms with Gasteiger partial charge in [0.25, 0.3) is 0 Å². The maximum Gasteiger partial charge on any atom is 0.180 e. The van der Waals surface area contributed by atoms with E-state index in [0.29, 0.717) is 12.3 Å². The Morgan fingerprint density at radius 1 is 0.931 bits per heavy atom. The second kappa shape index (κ2) is 7.63. The van der Waals surface area contributed by atoms with Gasteiger partial charge in [-0.2, -0.15) is 0 Å². The van der Waals surface area contributed by atoms with Crippen molar-refractivity contribution in [2.75, 3.05) is 0 Å². The Hall–Kier alpha value is -3.27. The van der Waals surface area contributed by atoms with Crippen molar-refractivity contribution in [3.63, 3.8) is 0 Å². The molecule has 1 aliphatic heterocycles. The zero-order chi connectivity index (χ0) is 20.4. The highest BCUT2D eigenvalue weighted by Gasteiger charge is 2.50. The fourth-order valence-corrected chi connectivity index (χ4v) is 4.13. The minimum absolute atomic E-state index is 0.000516. The molecule has 0 aromatic heterocycles. The van der Waals surface area contributed by atoms with Crippen molar-refractivity contribution in [2.24, 2.45) is 16.6 Å². The maximum absolute atomic E-state index is 13.8. The number of ketones is 1. The van der Waals surface area contributed by atoms with E-state index >= 15 is 0 Å². The third-order valence-electron chi connectivity index (χ3n) is 5.53. The average molecular weight is 386 g/mol. The van der Waals surface area contributed by atoms with Crippen LogP contribution in [0.1, 0.15) is 30.9 Å². The van der Waals surface area contributed by atoms with Crippen LogP contribution in [-0.2, 0) is 10.3 Å². The lowest BCUT2D eigenvalue weighted by Gasteiger charge is -2.27. The van der Waals surface area contributed by atoms with E-state index in [1.54, 1.807) is 6.07 Å². The Kier molecular flexibility index (Phi) is 5.01. The minimum atomic E-state index is -1.17. The lowest BCUT2D eigenvalue weighted by atomic mass is 9.76. The number of aliphatic imine (C=N–C) groups is 1. The van der Waals surface area contributed by atoms with Crippen LogP contribution in [0.2, 0.25) is 0 Å². The summed E-state index contributed by atoms with van der Waals surface area (Å²) in [6.07, 6.45) is 1.52. The van der Waals surface area contributed by atoms with Gasteiger partial charge in [0, 0.05) is 0 Å². The van der Waals surface area contributed by atoms with Crippen molar-refractivity contribution in [1.29, 1.82) is 0 Å². The summed E-state index contributed by atoms with van der Waals surface area (Å²) >= 11 is 0. The Bertz CT molecular complexity index is 1080. The van der Waals surface area contributed by atoms with Crippen LogP contribution < -0.4 is 5.73 Å². The van der Waals surface area contributed by atoms with Crippen LogP contribution >= 0.6 is 0 Å². The molecule has 2 N–H and O–H groups in total. The maximum atomic E-state index is 13.8. The largest absolute Gasteiger partial charge is 0.387 e. The number of nitrogens with two attached hydrogens (primary N) is 1. The zero-order valence-electron chi connectivity index (χ0n) is 16.3. The van der Waals surface area contributed by atoms with Crippen molar-refractivity contribution in [3.05, 3.63) is 95.8 Å². The van der Waals surface area contributed by atoms with Crippen molar-refractivity contribution >= 4 is 11.6 Å². The predicted molar refractivity (Wildman–Crippen MR) is 114 cm³/mol. The number of carbonyl (C=O) groups is 1. The number of halogens is 1. The first-order valence-corrected chi connectivity index (χ1v) is 9.88. The van der Waals surface area contributed by atoms with Gasteiger partial charge >= 0.3 is 0 Å². The first kappa shape index (κ1) is 19.1. The van der Waals surface area contributed by atoms with Gasteiger partial charge in [0.05, 0.1) is 5.92 Å². The molecule has 29 heavy (non-hydrogen) atoms. The number of benzene rings is 3. The Balaban J connectivity index is 1.91. The Morgan fingerprint density at radius 3 is 2.28 bits per heavy atom. The minimum Gasteiger partial charge on any atom is -0.387 e. The number of hydrogen-bond donors (Lipinski definition) is 1. The van der Waals surface area contributed by atoms with Gasteiger partial charge in [-0.3, -0.25) is 4.79 Å². The van der Waals surface area contributed by atoms with Gasteiger partial charge in [-0.25, -0.2) is 9.38 Å². The molecule has 0 radical (unpaired) electrons. The Morgan fingerprint density at radius 2 is 1.59 bits per heavy atom. The fraction of sp³-hybridized carbons (Fsp3) is 0.200. The highest BCUT2D eigenvalue weighted by atomic mass is 19.1. The molecule has 0 bridgehead atoms. The molecule has 2 atom stereocenters. The van der Waals surface area contributed by atoms with Gasteiger partial charge in [0.1, 0.15) is 11.7 Å². The molecule has 4 heteroatoms. The summed E-state index contributed by atoms with van der Waals surface area (Å²) in [6.45, 7) is 2.04. The molecular formula is C25H23FN2O. The van der Waals surface area contributed by atoms with E-state index in [1.807, 2.05) is 67.6 Å². The molecule has 3 nitrogen and oxygen atoms in total. The van der Waals surface area contributed by atoms with E-state index in [2.05, 4.69) is 0 Å². The number of amidine groups is 1. The molecule has 0 fully saturated rings. The topological polar surface area (TPSA) is 55.5 Å². The molecule has 1 unspecified atom stereocenters. The quantitative estimate of drug-likeness (QED) is 0.664. The summed E-state index contributed by atoms with van der Waals surface area (Å²) in [5, 5.41) is 0. The molecule has 3 aromatic rings. The molecule has 4 rings (SSSR count). The molecule has 0 aliphatic carbocycles. The molecular weight excluding hydrogens is 363 g/mol. The number of Topliss-reactive ketones (excluding diaryl/α,β-unsaturated/α-hetero) is 1. The van der Waals surface area contributed by atoms with E-state index in [0.717, 1.165) is 28.7 Å². The third kappa shape index (κ3) is 3.25. The van der Waals surface area contributed by atoms with Gasteiger partial charge in [-0.05, 0) is 46.9 Å². The lowest BCUT2D eigenvalue weighted by Crippen LogP contribution is -2.36. The molecule has 1 aliphatic rings. The number of hydrogen-bond acceptors (Lipinski definition) is 3. The van der Waals surface area contributed by atoms with Gasteiger partial charge < -0.3 is 5.73 Å². The molecule has 0 amide bonds. The first-order chi connectivity index (χ1) is 14.1. The van der Waals surface area contributed by atoms with Crippen molar-refractivity contribution in [3.8, 4) is 11.1 Å². The number of rotatable bonds is 5. The Labute approximate surface area is 170 Å². The zero-order valence-corrected chi connectivity index (χ0v) is 16.3. The second-order valence-electron chi connectivity index (χ2n) is 7.41. The van der Waals surface area contributed by atoms with E-state index in [-0.39, 0.29) is 11.6 Å². The third-order valence-corrected chi connectivity index (χ3v) is 5.53. The molecule has 0 saturated carbocycles. The van der Waals surface area contributed by atoms with Crippen molar-refractivity contribution in [1.82, 2.24) is 0 Å². The second-order valence-corrected chi connectivity index (χ2v) is 7.41. The van der Waals surface area contributed by atoms with Crippen LogP contribution in [0.4, 0.5) is 4.39 Å². The predicted octanol–water partition coefficient (Wildman–Crippen LogP) is 5.09. The van der Waals surface area contributed by atoms with Crippen LogP contribution in [0.25, 0.3) is 11.1 Å². The molecule has 146 valence electrons.